The largest absolute Gasteiger partial charge is 0.493 e. The summed E-state index contributed by atoms with van der Waals surface area (Å²) in [6.07, 6.45) is 2.49. The summed E-state index contributed by atoms with van der Waals surface area (Å²) in [6.45, 7) is -0.00616. The number of benzene rings is 1. The van der Waals surface area contributed by atoms with E-state index in [0.29, 0.717) is 34.2 Å². The van der Waals surface area contributed by atoms with Gasteiger partial charge in [-0.2, -0.15) is 0 Å². The normalized spacial score (nSPS) is 22.8. The average molecular weight is 503 g/mol. The smallest absolute Gasteiger partial charge is 0.348 e. The van der Waals surface area contributed by atoms with E-state index in [4.69, 9.17) is 37.8 Å². The number of thiophene rings is 1. The SMILES string of the molecule is O=C(OCCO)c1ccc(CCC[C@@H]2[C@@H](COc3cc(Cl)cc(CO)c3)[C@H](O)C[C@H]2Cl)s1. The zero-order valence-corrected chi connectivity index (χ0v) is 19.9. The average Bonchev–Trinajstić information content (AvgIpc) is 3.34. The van der Waals surface area contributed by atoms with Gasteiger partial charge in [-0.3, -0.25) is 0 Å². The molecular weight excluding hydrogens is 475 g/mol. The molecule has 6 nitrogen and oxygen atoms in total. The first-order valence-electron chi connectivity index (χ1n) is 10.6. The third-order valence-corrected chi connectivity index (χ3v) is 7.52. The number of halogens is 2. The lowest BCUT2D eigenvalue weighted by Gasteiger charge is -2.24. The summed E-state index contributed by atoms with van der Waals surface area (Å²) in [5, 5.41) is 29.0. The number of rotatable bonds is 11. The standard InChI is InChI=1S/C23H28Cl2O6S/c24-15-8-14(12-27)9-16(10-15)31-13-19-18(20(25)11-21(19)28)3-1-2-17-4-5-22(32-17)23(29)30-7-6-26/h4-5,8-10,18-21,26-28H,1-3,6-7,11-13H2/t18-,19-,20-,21-/m1/s1. The van der Waals surface area contributed by atoms with Crippen LogP contribution in [0, 0.1) is 11.8 Å². The lowest BCUT2D eigenvalue weighted by Crippen LogP contribution is -2.27. The van der Waals surface area contributed by atoms with E-state index in [1.807, 2.05) is 6.07 Å². The third kappa shape index (κ3) is 6.83. The zero-order chi connectivity index (χ0) is 23.1. The minimum Gasteiger partial charge on any atom is -0.493 e. The minimum absolute atomic E-state index is 0.00680. The Hall–Kier alpha value is -1.35. The van der Waals surface area contributed by atoms with Gasteiger partial charge in [-0.05, 0) is 67.5 Å². The maximum absolute atomic E-state index is 11.9. The third-order valence-electron chi connectivity index (χ3n) is 5.68. The molecule has 0 radical (unpaired) electrons. The Morgan fingerprint density at radius 3 is 2.75 bits per heavy atom. The Labute approximate surface area is 201 Å². The molecule has 1 aromatic heterocycles. The first kappa shape index (κ1) is 25.3. The van der Waals surface area contributed by atoms with Crippen molar-refractivity contribution >= 4 is 40.5 Å². The summed E-state index contributed by atoms with van der Waals surface area (Å²) in [4.78, 5) is 13.5. The lowest BCUT2D eigenvalue weighted by molar-refractivity contribution is 0.0439. The van der Waals surface area contributed by atoms with Crippen LogP contribution in [0.25, 0.3) is 0 Å². The predicted octanol–water partition coefficient (Wildman–Crippen LogP) is 4.05. The van der Waals surface area contributed by atoms with E-state index in [1.54, 1.807) is 24.3 Å². The Bertz CT molecular complexity index is 889. The van der Waals surface area contributed by atoms with Gasteiger partial charge in [0.05, 0.1) is 25.9 Å². The van der Waals surface area contributed by atoms with E-state index in [-0.39, 0.29) is 37.0 Å². The minimum atomic E-state index is -0.534. The van der Waals surface area contributed by atoms with Gasteiger partial charge < -0.3 is 24.8 Å². The van der Waals surface area contributed by atoms with Gasteiger partial charge in [-0.25, -0.2) is 4.79 Å². The van der Waals surface area contributed by atoms with E-state index in [9.17, 15) is 15.0 Å². The molecule has 1 fully saturated rings. The van der Waals surface area contributed by atoms with Crippen molar-refractivity contribution in [2.24, 2.45) is 11.8 Å². The zero-order valence-electron chi connectivity index (χ0n) is 17.6. The van der Waals surface area contributed by atoms with E-state index in [0.717, 1.165) is 24.1 Å². The molecule has 0 aliphatic heterocycles. The molecule has 0 unspecified atom stereocenters. The maximum Gasteiger partial charge on any atom is 0.348 e. The van der Waals surface area contributed by atoms with Crippen LogP contribution in [0.15, 0.2) is 30.3 Å². The summed E-state index contributed by atoms with van der Waals surface area (Å²) in [5.41, 5.74) is 0.668. The van der Waals surface area contributed by atoms with Crippen LogP contribution in [0.1, 0.15) is 39.4 Å². The Kier molecular flexibility index (Phi) is 9.64. The number of ether oxygens (including phenoxy) is 2. The first-order chi connectivity index (χ1) is 15.4. The number of aliphatic hydroxyl groups is 3. The highest BCUT2D eigenvalue weighted by Crippen LogP contribution is 2.40. The highest BCUT2D eigenvalue weighted by molar-refractivity contribution is 7.13. The molecule has 3 rings (SSSR count). The molecule has 1 aromatic carbocycles. The number of alkyl halides is 1. The van der Waals surface area contributed by atoms with Crippen molar-refractivity contribution in [3.8, 4) is 5.75 Å². The number of hydrogen-bond donors (Lipinski definition) is 3. The maximum atomic E-state index is 11.9. The fraction of sp³-hybridized carbons (Fsp3) is 0.522. The highest BCUT2D eigenvalue weighted by atomic mass is 35.5. The second-order valence-corrected chi connectivity index (χ2v) is 10.1. The molecule has 0 saturated heterocycles. The van der Waals surface area contributed by atoms with Gasteiger partial charge in [0.15, 0.2) is 0 Å². The van der Waals surface area contributed by atoms with Crippen molar-refractivity contribution in [1.29, 1.82) is 0 Å². The Morgan fingerprint density at radius 2 is 2.00 bits per heavy atom. The molecular formula is C23H28Cl2O6S. The summed E-state index contributed by atoms with van der Waals surface area (Å²) in [7, 11) is 0. The van der Waals surface area contributed by atoms with Crippen LogP contribution in [0.3, 0.4) is 0 Å². The summed E-state index contributed by atoms with van der Waals surface area (Å²) < 4.78 is 10.8. The monoisotopic (exact) mass is 502 g/mol. The van der Waals surface area contributed by atoms with Gasteiger partial charge in [0.25, 0.3) is 0 Å². The highest BCUT2D eigenvalue weighted by Gasteiger charge is 2.41. The molecule has 1 aliphatic carbocycles. The van der Waals surface area contributed by atoms with E-state index < -0.39 is 12.1 Å². The van der Waals surface area contributed by atoms with Crippen molar-refractivity contribution in [2.45, 2.75) is 43.8 Å². The molecule has 1 heterocycles. The second-order valence-electron chi connectivity index (χ2n) is 7.93. The van der Waals surface area contributed by atoms with Crippen LogP contribution in [0.4, 0.5) is 0 Å². The van der Waals surface area contributed by atoms with Crippen LogP contribution in [0.2, 0.25) is 5.02 Å². The Morgan fingerprint density at radius 1 is 1.19 bits per heavy atom. The van der Waals surface area contributed by atoms with Crippen LogP contribution >= 0.6 is 34.5 Å². The van der Waals surface area contributed by atoms with Crippen molar-refractivity contribution in [1.82, 2.24) is 0 Å². The molecule has 2 aromatic rings. The van der Waals surface area contributed by atoms with E-state index in [2.05, 4.69) is 0 Å². The van der Waals surface area contributed by atoms with Crippen LogP contribution in [-0.2, 0) is 17.8 Å². The molecule has 4 atom stereocenters. The van der Waals surface area contributed by atoms with Crippen LogP contribution in [-0.4, -0.2) is 52.6 Å². The number of aliphatic hydroxyl groups excluding tert-OH is 3. The molecule has 176 valence electrons. The number of aryl methyl sites for hydroxylation is 1. The summed E-state index contributed by atoms with van der Waals surface area (Å²) in [6, 6.07) is 8.76. The number of carbonyl (C=O) groups is 1. The molecule has 32 heavy (non-hydrogen) atoms. The molecule has 0 bridgehead atoms. The summed E-state index contributed by atoms with van der Waals surface area (Å²) >= 11 is 14.0. The van der Waals surface area contributed by atoms with E-state index >= 15 is 0 Å². The topological polar surface area (TPSA) is 96.2 Å². The molecule has 1 aliphatic rings. The quantitative estimate of drug-likeness (QED) is 0.316. The number of hydrogen-bond acceptors (Lipinski definition) is 7. The van der Waals surface area contributed by atoms with Crippen molar-refractivity contribution < 1.29 is 29.6 Å². The van der Waals surface area contributed by atoms with Gasteiger partial charge in [0, 0.05) is 21.2 Å². The van der Waals surface area contributed by atoms with Gasteiger partial charge >= 0.3 is 5.97 Å². The Balaban J connectivity index is 1.53. The number of carbonyl (C=O) groups excluding carboxylic acids is 1. The fourth-order valence-corrected chi connectivity index (χ4v) is 5.78. The van der Waals surface area contributed by atoms with Gasteiger partial charge in [-0.1, -0.05) is 11.6 Å². The van der Waals surface area contributed by atoms with Gasteiger partial charge in [-0.15, -0.1) is 22.9 Å². The molecule has 9 heteroatoms. The van der Waals surface area contributed by atoms with Crippen molar-refractivity contribution in [3.05, 3.63) is 50.7 Å². The second kappa shape index (κ2) is 12.2. The van der Waals surface area contributed by atoms with Crippen molar-refractivity contribution in [2.75, 3.05) is 19.8 Å². The van der Waals surface area contributed by atoms with Crippen LogP contribution < -0.4 is 4.74 Å². The molecule has 1 saturated carbocycles. The summed E-state index contributed by atoms with van der Waals surface area (Å²) in [5.74, 6) is 0.154. The van der Waals surface area contributed by atoms with E-state index in [1.165, 1.54) is 11.3 Å². The predicted molar refractivity (Wildman–Crippen MR) is 125 cm³/mol. The number of esters is 1. The van der Waals surface area contributed by atoms with Crippen LogP contribution in [0.5, 0.6) is 5.75 Å². The fourth-order valence-electron chi connectivity index (χ4n) is 4.09. The van der Waals surface area contributed by atoms with Gasteiger partial charge in [0.1, 0.15) is 17.2 Å². The molecule has 3 N–H and O–H groups in total. The molecule has 0 spiro atoms. The molecule has 0 amide bonds. The van der Waals surface area contributed by atoms with Crippen molar-refractivity contribution in [3.63, 3.8) is 0 Å². The van der Waals surface area contributed by atoms with Gasteiger partial charge in [0.2, 0.25) is 0 Å². The lowest BCUT2D eigenvalue weighted by atomic mass is 9.90. The first-order valence-corrected chi connectivity index (χ1v) is 12.3.